The smallest absolute Gasteiger partial charge is 0.411 e. The van der Waals surface area contributed by atoms with E-state index in [-0.39, 0.29) is 12.1 Å². The fraction of sp³-hybridized carbons (Fsp3) is 0.833. The Morgan fingerprint density at radius 1 is 1.33 bits per heavy atom. The van der Waals surface area contributed by atoms with E-state index in [1.54, 1.807) is 20.8 Å². The topological polar surface area (TPSA) is 55.8 Å². The van der Waals surface area contributed by atoms with Gasteiger partial charge < -0.3 is 9.47 Å². The molecule has 2 aliphatic rings. The van der Waals surface area contributed by atoms with Crippen molar-refractivity contribution in [1.82, 2.24) is 4.90 Å². The highest BCUT2D eigenvalue weighted by Gasteiger charge is 2.57. The first kappa shape index (κ1) is 13.5. The summed E-state index contributed by atoms with van der Waals surface area (Å²) in [5.74, 6) is -0.0338. The molecule has 0 spiro atoms. The van der Waals surface area contributed by atoms with E-state index < -0.39 is 23.7 Å². The Balaban J connectivity index is 2.04. The second-order valence-electron chi connectivity index (χ2n) is 5.77. The number of hydrogen-bond donors (Lipinski definition) is 0. The van der Waals surface area contributed by atoms with Gasteiger partial charge in [-0.25, -0.2) is 9.59 Å². The van der Waals surface area contributed by atoms with Gasteiger partial charge in [-0.05, 0) is 39.5 Å². The monoisotopic (exact) mass is 275 g/mol. The van der Waals surface area contributed by atoms with Crippen LogP contribution in [-0.4, -0.2) is 40.7 Å². The van der Waals surface area contributed by atoms with Crippen molar-refractivity contribution in [2.75, 3.05) is 6.07 Å². The van der Waals surface area contributed by atoms with Gasteiger partial charge in [0.1, 0.15) is 11.6 Å². The first-order valence-electron chi connectivity index (χ1n) is 6.07. The van der Waals surface area contributed by atoms with Crippen molar-refractivity contribution in [3.8, 4) is 0 Å². The van der Waals surface area contributed by atoms with E-state index in [2.05, 4.69) is 0 Å². The lowest BCUT2D eigenvalue weighted by atomic mass is 10.2. The van der Waals surface area contributed by atoms with Crippen LogP contribution < -0.4 is 0 Å². The van der Waals surface area contributed by atoms with Crippen molar-refractivity contribution in [2.24, 2.45) is 5.92 Å². The number of fused-ring (bicyclic) bond motifs is 1. The summed E-state index contributed by atoms with van der Waals surface area (Å²) in [5.41, 5.74) is -0.564. The molecule has 3 atom stereocenters. The van der Waals surface area contributed by atoms with Gasteiger partial charge in [0.15, 0.2) is 6.07 Å². The number of ether oxygens (including phenoxy) is 2. The molecule has 1 saturated heterocycles. The fourth-order valence-electron chi connectivity index (χ4n) is 2.39. The number of alkyl halides is 1. The third-order valence-corrected chi connectivity index (χ3v) is 3.29. The molecule has 0 aromatic carbocycles. The van der Waals surface area contributed by atoms with Crippen LogP contribution in [-0.2, 0) is 14.3 Å². The van der Waals surface area contributed by atoms with Gasteiger partial charge in [0.25, 0.3) is 0 Å². The van der Waals surface area contributed by atoms with Crippen molar-refractivity contribution in [3.05, 3.63) is 0 Å². The van der Waals surface area contributed by atoms with Gasteiger partial charge in [0.2, 0.25) is 0 Å². The maximum Gasteiger partial charge on any atom is 0.411 e. The largest absolute Gasteiger partial charge is 0.448 e. The molecule has 1 aliphatic carbocycles. The zero-order valence-corrected chi connectivity index (χ0v) is 11.6. The van der Waals surface area contributed by atoms with Crippen molar-refractivity contribution in [1.29, 1.82) is 0 Å². The Labute approximate surface area is 111 Å². The number of piperidine rings is 1. The maximum atomic E-state index is 12.1. The Morgan fingerprint density at radius 2 is 2.00 bits per heavy atom. The lowest BCUT2D eigenvalue weighted by molar-refractivity contribution is -0.147. The summed E-state index contributed by atoms with van der Waals surface area (Å²) in [7, 11) is 0. The van der Waals surface area contributed by atoms with Crippen molar-refractivity contribution in [2.45, 2.75) is 51.3 Å². The second kappa shape index (κ2) is 4.61. The molecule has 2 rings (SSSR count). The molecule has 102 valence electrons. The van der Waals surface area contributed by atoms with Crippen LogP contribution in [0.1, 0.15) is 33.6 Å². The highest BCUT2D eigenvalue weighted by atomic mass is 35.5. The third kappa shape index (κ3) is 2.71. The standard InChI is InChI=1S/C12H18ClNO4/c1-12(2,3)18-11(16)14-8-4-7(8)5-9(14)10(15)17-6-13/h7-9H,4-6H2,1-3H3. The van der Waals surface area contributed by atoms with Gasteiger partial charge >= 0.3 is 12.1 Å². The number of rotatable bonds is 2. The average molecular weight is 276 g/mol. The van der Waals surface area contributed by atoms with Crippen LogP contribution in [0.4, 0.5) is 4.79 Å². The number of nitrogens with zero attached hydrogens (tertiary/aromatic N) is 1. The summed E-state index contributed by atoms with van der Waals surface area (Å²) < 4.78 is 10.1. The zero-order valence-electron chi connectivity index (χ0n) is 10.8. The Kier molecular flexibility index (Phi) is 3.45. The SMILES string of the molecule is CC(C)(C)OC(=O)N1C(C(=O)OCCl)CC2CC21. The zero-order chi connectivity index (χ0) is 13.5. The van der Waals surface area contributed by atoms with E-state index in [9.17, 15) is 9.59 Å². The number of esters is 1. The molecule has 0 N–H and O–H groups in total. The number of hydrogen-bond acceptors (Lipinski definition) is 4. The normalized spacial score (nSPS) is 29.8. The number of carbonyl (C=O) groups excluding carboxylic acids is 2. The van der Waals surface area contributed by atoms with Crippen LogP contribution in [0.15, 0.2) is 0 Å². The highest BCUT2D eigenvalue weighted by molar-refractivity contribution is 6.17. The molecule has 0 radical (unpaired) electrons. The molecule has 6 heteroatoms. The van der Waals surface area contributed by atoms with Crippen molar-refractivity contribution >= 4 is 23.7 Å². The van der Waals surface area contributed by atoms with Crippen LogP contribution in [0.25, 0.3) is 0 Å². The molecular formula is C12H18ClNO4. The van der Waals surface area contributed by atoms with Crippen LogP contribution in [0.3, 0.4) is 0 Å². The van der Waals surface area contributed by atoms with E-state index in [1.165, 1.54) is 4.90 Å². The van der Waals surface area contributed by atoms with E-state index >= 15 is 0 Å². The highest BCUT2D eigenvalue weighted by Crippen LogP contribution is 2.48. The van der Waals surface area contributed by atoms with Gasteiger partial charge in [0, 0.05) is 6.04 Å². The van der Waals surface area contributed by atoms with Crippen LogP contribution in [0.5, 0.6) is 0 Å². The molecule has 5 nitrogen and oxygen atoms in total. The third-order valence-electron chi connectivity index (χ3n) is 3.18. The molecular weight excluding hydrogens is 258 g/mol. The van der Waals surface area contributed by atoms with E-state index in [0.717, 1.165) is 6.42 Å². The maximum absolute atomic E-state index is 12.1. The molecule has 2 fully saturated rings. The summed E-state index contributed by atoms with van der Waals surface area (Å²) in [6.45, 7) is 5.41. The minimum absolute atomic E-state index is 0.132. The molecule has 3 unspecified atom stereocenters. The molecule has 1 heterocycles. The first-order chi connectivity index (χ1) is 8.33. The summed E-state index contributed by atoms with van der Waals surface area (Å²) in [5, 5.41) is 0. The van der Waals surface area contributed by atoms with Crippen molar-refractivity contribution in [3.63, 3.8) is 0 Å². The minimum Gasteiger partial charge on any atom is -0.448 e. The molecule has 18 heavy (non-hydrogen) atoms. The Morgan fingerprint density at radius 3 is 2.56 bits per heavy atom. The molecule has 0 bridgehead atoms. The fourth-order valence-corrected chi connectivity index (χ4v) is 2.50. The number of carbonyl (C=O) groups is 2. The lowest BCUT2D eigenvalue weighted by Crippen LogP contribution is -2.46. The number of halogens is 1. The van der Waals surface area contributed by atoms with Gasteiger partial charge in [-0.3, -0.25) is 4.90 Å². The number of likely N-dealkylation sites (tertiary alicyclic amines) is 1. The molecule has 1 saturated carbocycles. The van der Waals surface area contributed by atoms with Crippen LogP contribution in [0.2, 0.25) is 0 Å². The molecule has 1 amide bonds. The van der Waals surface area contributed by atoms with E-state index in [1.807, 2.05) is 0 Å². The van der Waals surface area contributed by atoms with Gasteiger partial charge in [-0.1, -0.05) is 11.6 Å². The average Bonchev–Trinajstić information content (AvgIpc) is 2.86. The predicted octanol–water partition coefficient (Wildman–Crippen LogP) is 2.12. The molecule has 1 aliphatic heterocycles. The summed E-state index contributed by atoms with van der Waals surface area (Å²) in [6.07, 6.45) is 1.16. The first-order valence-corrected chi connectivity index (χ1v) is 6.61. The van der Waals surface area contributed by atoms with Gasteiger partial charge in [-0.15, -0.1) is 0 Å². The van der Waals surface area contributed by atoms with E-state index in [0.29, 0.717) is 12.3 Å². The molecule has 0 aromatic heterocycles. The summed E-state index contributed by atoms with van der Waals surface area (Å²) in [6, 6.07) is -0.595. The predicted molar refractivity (Wildman–Crippen MR) is 65.2 cm³/mol. The summed E-state index contributed by atoms with van der Waals surface area (Å²) >= 11 is 5.38. The summed E-state index contributed by atoms with van der Waals surface area (Å²) in [4.78, 5) is 25.3. The Bertz CT molecular complexity index is 366. The second-order valence-corrected chi connectivity index (χ2v) is 5.99. The van der Waals surface area contributed by atoms with Crippen LogP contribution >= 0.6 is 11.6 Å². The van der Waals surface area contributed by atoms with Gasteiger partial charge in [-0.2, -0.15) is 0 Å². The number of amides is 1. The lowest BCUT2D eigenvalue weighted by Gasteiger charge is -2.29. The van der Waals surface area contributed by atoms with Gasteiger partial charge in [0.05, 0.1) is 0 Å². The minimum atomic E-state index is -0.564. The Hall–Kier alpha value is -0.970. The van der Waals surface area contributed by atoms with Crippen molar-refractivity contribution < 1.29 is 19.1 Å². The van der Waals surface area contributed by atoms with E-state index in [4.69, 9.17) is 21.1 Å². The molecule has 0 aromatic rings. The quantitative estimate of drug-likeness (QED) is 0.572. The van der Waals surface area contributed by atoms with Crippen LogP contribution in [0, 0.1) is 5.92 Å².